The molecule has 0 aliphatic carbocycles. The predicted octanol–water partition coefficient (Wildman–Crippen LogP) is 4.74. The van der Waals surface area contributed by atoms with Crippen molar-refractivity contribution in [1.29, 1.82) is 0 Å². The molecule has 0 spiro atoms. The average molecular weight is 538 g/mol. The summed E-state index contributed by atoms with van der Waals surface area (Å²) < 4.78 is 9.42. The number of esters is 1. The highest BCUT2D eigenvalue weighted by Crippen LogP contribution is 2.32. The standard InChI is InChI=1S/C32H31N3O3S/c1-8-16-34-21(6)25(24-11-9-10-19(4)28(24)34)17-26-30(36)35-29(23-14-12-22(13-15-23)18(2)3)27(31(37)38-7)20(5)33-32(35)39-26/h1,9-15,17-18,29H,16H2,2-7H3/b26-17-/t29-/m1/s1. The first-order valence-corrected chi connectivity index (χ1v) is 13.7. The van der Waals surface area contributed by atoms with Gasteiger partial charge in [-0.25, -0.2) is 9.79 Å². The van der Waals surface area contributed by atoms with Crippen LogP contribution in [0.15, 0.2) is 63.5 Å². The maximum atomic E-state index is 14.1. The van der Waals surface area contributed by atoms with Crippen molar-refractivity contribution in [2.75, 3.05) is 7.11 Å². The number of aromatic nitrogens is 2. The lowest BCUT2D eigenvalue weighted by molar-refractivity contribution is -0.136. The Kier molecular flexibility index (Phi) is 6.92. The van der Waals surface area contributed by atoms with Crippen molar-refractivity contribution in [3.8, 4) is 12.3 Å². The van der Waals surface area contributed by atoms with Crippen molar-refractivity contribution < 1.29 is 9.53 Å². The summed E-state index contributed by atoms with van der Waals surface area (Å²) >= 11 is 1.32. The third-order valence-corrected chi connectivity index (χ3v) is 8.45. The first-order chi connectivity index (χ1) is 18.7. The maximum absolute atomic E-state index is 14.1. The van der Waals surface area contributed by atoms with Crippen molar-refractivity contribution in [1.82, 2.24) is 9.13 Å². The third-order valence-electron chi connectivity index (χ3n) is 7.46. The predicted molar refractivity (Wildman–Crippen MR) is 157 cm³/mol. The molecule has 1 aliphatic heterocycles. The maximum Gasteiger partial charge on any atom is 0.338 e. The fourth-order valence-corrected chi connectivity index (χ4v) is 6.44. The minimum atomic E-state index is -0.636. The summed E-state index contributed by atoms with van der Waals surface area (Å²) in [5.74, 6) is 2.62. The van der Waals surface area contributed by atoms with E-state index in [-0.39, 0.29) is 5.56 Å². The Bertz CT molecular complexity index is 1880. The summed E-state index contributed by atoms with van der Waals surface area (Å²) in [6.07, 6.45) is 7.63. The molecule has 1 aliphatic rings. The van der Waals surface area contributed by atoms with Crippen LogP contribution in [-0.4, -0.2) is 22.2 Å². The Morgan fingerprint density at radius 2 is 1.90 bits per heavy atom. The van der Waals surface area contributed by atoms with Gasteiger partial charge < -0.3 is 9.30 Å². The van der Waals surface area contributed by atoms with Crippen molar-refractivity contribution in [3.63, 3.8) is 0 Å². The summed E-state index contributed by atoms with van der Waals surface area (Å²) in [5.41, 5.74) is 6.87. The topological polar surface area (TPSA) is 65.6 Å². The van der Waals surface area contributed by atoms with Gasteiger partial charge in [-0.15, -0.1) is 6.42 Å². The molecule has 4 aromatic rings. The second-order valence-electron chi connectivity index (χ2n) is 10.2. The van der Waals surface area contributed by atoms with Crippen LogP contribution < -0.4 is 14.9 Å². The van der Waals surface area contributed by atoms with Crippen molar-refractivity contribution in [3.05, 3.63) is 101 Å². The number of para-hydroxylation sites is 1. The van der Waals surface area contributed by atoms with Crippen molar-refractivity contribution >= 4 is 34.3 Å². The first-order valence-electron chi connectivity index (χ1n) is 12.9. The highest BCUT2D eigenvalue weighted by Gasteiger charge is 2.33. The lowest BCUT2D eigenvalue weighted by atomic mass is 9.93. The van der Waals surface area contributed by atoms with E-state index in [2.05, 4.69) is 48.4 Å². The van der Waals surface area contributed by atoms with E-state index in [1.165, 1.54) is 24.0 Å². The number of nitrogens with zero attached hydrogens (tertiary/aromatic N) is 3. The highest BCUT2D eigenvalue weighted by atomic mass is 32.1. The van der Waals surface area contributed by atoms with E-state index in [0.717, 1.165) is 33.3 Å². The molecule has 0 bridgehead atoms. The number of aryl methyl sites for hydroxylation is 1. The number of fused-ring (bicyclic) bond motifs is 2. The van der Waals surface area contributed by atoms with Crippen molar-refractivity contribution in [2.45, 2.75) is 53.1 Å². The number of rotatable bonds is 5. The molecule has 2 aromatic heterocycles. The van der Waals surface area contributed by atoms with Gasteiger partial charge in [0, 0.05) is 16.6 Å². The monoisotopic (exact) mass is 537 g/mol. The lowest BCUT2D eigenvalue weighted by Gasteiger charge is -2.24. The van der Waals surface area contributed by atoms with Crippen LogP contribution in [0.2, 0.25) is 0 Å². The third kappa shape index (κ3) is 4.35. The van der Waals surface area contributed by atoms with E-state index in [9.17, 15) is 9.59 Å². The number of terminal acetylenes is 1. The van der Waals surface area contributed by atoms with Crippen LogP contribution in [0.4, 0.5) is 0 Å². The van der Waals surface area contributed by atoms with E-state index >= 15 is 0 Å². The molecular weight excluding hydrogens is 506 g/mol. The largest absolute Gasteiger partial charge is 0.466 e. The van der Waals surface area contributed by atoms with Gasteiger partial charge >= 0.3 is 5.97 Å². The van der Waals surface area contributed by atoms with E-state index in [0.29, 0.717) is 33.1 Å². The number of allylic oxidation sites excluding steroid dienone is 1. The molecule has 0 fully saturated rings. The van der Waals surface area contributed by atoms with E-state index in [4.69, 9.17) is 11.2 Å². The van der Waals surface area contributed by atoms with Crippen molar-refractivity contribution in [2.24, 2.45) is 4.99 Å². The van der Waals surface area contributed by atoms with Crippen LogP contribution in [-0.2, 0) is 16.1 Å². The van der Waals surface area contributed by atoms with Crippen LogP contribution in [0.25, 0.3) is 17.0 Å². The Hall–Kier alpha value is -4.15. The number of hydrogen-bond acceptors (Lipinski definition) is 5. The van der Waals surface area contributed by atoms with Gasteiger partial charge in [0.05, 0.1) is 41.0 Å². The number of carbonyl (C=O) groups is 1. The zero-order valence-electron chi connectivity index (χ0n) is 23.0. The molecule has 6 nitrogen and oxygen atoms in total. The quantitative estimate of drug-likeness (QED) is 0.273. The molecular formula is C32H31N3O3S. The normalized spacial score (nSPS) is 15.4. The zero-order chi connectivity index (χ0) is 28.0. The van der Waals surface area contributed by atoms with E-state index in [1.807, 2.05) is 43.3 Å². The van der Waals surface area contributed by atoms with Gasteiger partial charge in [-0.1, -0.05) is 73.6 Å². The molecule has 3 heterocycles. The number of thiazole rings is 1. The van der Waals surface area contributed by atoms with E-state index in [1.54, 1.807) is 11.5 Å². The SMILES string of the molecule is C#CCn1c(C)c(/C=c2\sc3n(c2=O)[C@H](c2ccc(C(C)C)cc2)C(C(=O)OC)=C(C)N=3)c2cccc(C)c21. The summed E-state index contributed by atoms with van der Waals surface area (Å²) in [6.45, 7) is 10.6. The van der Waals surface area contributed by atoms with Crippen LogP contribution in [0.1, 0.15) is 60.7 Å². The zero-order valence-corrected chi connectivity index (χ0v) is 23.8. The molecule has 39 heavy (non-hydrogen) atoms. The Labute approximate surface area is 231 Å². The molecule has 0 N–H and O–H groups in total. The Morgan fingerprint density at radius 1 is 1.18 bits per heavy atom. The van der Waals surface area contributed by atoms with Crippen LogP contribution >= 0.6 is 11.3 Å². The highest BCUT2D eigenvalue weighted by molar-refractivity contribution is 7.07. The fraction of sp³-hybridized carbons (Fsp3) is 0.281. The molecule has 7 heteroatoms. The number of benzene rings is 2. The Balaban J connectivity index is 1.77. The molecule has 2 aromatic carbocycles. The van der Waals surface area contributed by atoms with Gasteiger partial charge in [-0.05, 0) is 49.5 Å². The van der Waals surface area contributed by atoms with Gasteiger partial charge in [0.15, 0.2) is 4.80 Å². The summed E-state index contributed by atoms with van der Waals surface area (Å²) in [4.78, 5) is 32.3. The van der Waals surface area contributed by atoms with Gasteiger partial charge in [0.1, 0.15) is 0 Å². The molecule has 0 saturated carbocycles. The lowest BCUT2D eigenvalue weighted by Crippen LogP contribution is -2.39. The number of methoxy groups -OCH3 is 1. The number of ether oxygens (including phenoxy) is 1. The smallest absolute Gasteiger partial charge is 0.338 e. The second kappa shape index (κ2) is 10.2. The second-order valence-corrected chi connectivity index (χ2v) is 11.2. The summed E-state index contributed by atoms with van der Waals surface area (Å²) in [7, 11) is 1.35. The molecule has 0 unspecified atom stereocenters. The van der Waals surface area contributed by atoms with Gasteiger partial charge in [-0.2, -0.15) is 0 Å². The Morgan fingerprint density at radius 3 is 2.54 bits per heavy atom. The first kappa shape index (κ1) is 26.5. The molecule has 0 saturated heterocycles. The summed E-state index contributed by atoms with van der Waals surface area (Å²) in [5, 5.41) is 1.04. The molecule has 0 amide bonds. The fourth-order valence-electron chi connectivity index (χ4n) is 5.42. The number of hydrogen-bond donors (Lipinski definition) is 0. The van der Waals surface area contributed by atoms with Gasteiger partial charge in [-0.3, -0.25) is 9.36 Å². The minimum absolute atomic E-state index is 0.199. The summed E-state index contributed by atoms with van der Waals surface area (Å²) in [6, 6.07) is 13.6. The van der Waals surface area contributed by atoms with Crippen LogP contribution in [0, 0.1) is 26.2 Å². The minimum Gasteiger partial charge on any atom is -0.466 e. The van der Waals surface area contributed by atoms with E-state index < -0.39 is 12.0 Å². The molecule has 198 valence electrons. The number of carbonyl (C=O) groups excluding carboxylic acids is 1. The average Bonchev–Trinajstić information content (AvgIpc) is 3.37. The van der Waals surface area contributed by atoms with Gasteiger partial charge in [0.2, 0.25) is 0 Å². The van der Waals surface area contributed by atoms with Crippen LogP contribution in [0.5, 0.6) is 0 Å². The molecule has 0 radical (unpaired) electrons. The van der Waals surface area contributed by atoms with Gasteiger partial charge in [0.25, 0.3) is 5.56 Å². The molecule has 5 rings (SSSR count). The molecule has 1 atom stereocenters. The van der Waals surface area contributed by atoms with Crippen LogP contribution in [0.3, 0.4) is 0 Å².